The van der Waals surface area contributed by atoms with Crippen LogP contribution in [-0.2, 0) is 13.6 Å². The third kappa shape index (κ3) is 2.56. The first-order valence-corrected chi connectivity index (χ1v) is 5.78. The summed E-state index contributed by atoms with van der Waals surface area (Å²) in [6.45, 7) is 0.625. The Morgan fingerprint density at radius 2 is 2.22 bits per heavy atom. The van der Waals surface area contributed by atoms with Crippen molar-refractivity contribution < 1.29 is 4.39 Å². The number of hydrogen-bond donors (Lipinski definition) is 1. The molecule has 2 N–H and O–H groups in total. The van der Waals surface area contributed by atoms with Crippen LogP contribution in [0.1, 0.15) is 5.56 Å². The molecule has 6 heteroatoms. The van der Waals surface area contributed by atoms with Gasteiger partial charge in [-0.25, -0.2) is 4.39 Å². The number of nitrogens with zero attached hydrogens (tertiary/aromatic N) is 3. The molecule has 0 aliphatic rings. The van der Waals surface area contributed by atoms with E-state index in [0.717, 1.165) is 5.56 Å². The standard InChI is InChI=1S/C12H14ClFN4/c1-17(6-8-5-16-18(2)7-8)12-3-9(13)10(14)4-11(12)15/h3-5,7H,6,15H2,1-2H3. The van der Waals surface area contributed by atoms with Gasteiger partial charge in [0.2, 0.25) is 0 Å². The largest absolute Gasteiger partial charge is 0.397 e. The van der Waals surface area contributed by atoms with E-state index in [9.17, 15) is 4.39 Å². The van der Waals surface area contributed by atoms with Crippen LogP contribution in [0.25, 0.3) is 0 Å². The molecule has 0 aliphatic carbocycles. The van der Waals surface area contributed by atoms with E-state index in [-0.39, 0.29) is 5.02 Å². The first kappa shape index (κ1) is 12.7. The highest BCUT2D eigenvalue weighted by Crippen LogP contribution is 2.29. The normalized spacial score (nSPS) is 10.7. The average molecular weight is 269 g/mol. The number of anilines is 2. The van der Waals surface area contributed by atoms with Crippen molar-refractivity contribution in [3.63, 3.8) is 0 Å². The summed E-state index contributed by atoms with van der Waals surface area (Å²) in [5.41, 5.74) is 7.89. The second kappa shape index (κ2) is 4.86. The molecule has 0 fully saturated rings. The molecule has 2 rings (SSSR count). The van der Waals surface area contributed by atoms with Crippen molar-refractivity contribution in [2.45, 2.75) is 6.54 Å². The van der Waals surface area contributed by atoms with Gasteiger partial charge in [-0.05, 0) is 6.07 Å². The van der Waals surface area contributed by atoms with Gasteiger partial charge < -0.3 is 10.6 Å². The maximum Gasteiger partial charge on any atom is 0.143 e. The number of benzene rings is 1. The van der Waals surface area contributed by atoms with Crippen LogP contribution in [0.3, 0.4) is 0 Å². The lowest BCUT2D eigenvalue weighted by atomic mass is 10.2. The van der Waals surface area contributed by atoms with Crippen LogP contribution in [0.5, 0.6) is 0 Å². The minimum atomic E-state index is -0.507. The number of hydrogen-bond acceptors (Lipinski definition) is 3. The van der Waals surface area contributed by atoms with Crippen molar-refractivity contribution >= 4 is 23.0 Å². The molecule has 0 aliphatic heterocycles. The van der Waals surface area contributed by atoms with Crippen LogP contribution in [0, 0.1) is 5.82 Å². The molecular formula is C12H14ClFN4. The molecular weight excluding hydrogens is 255 g/mol. The predicted octanol–water partition coefficient (Wildman–Crippen LogP) is 2.43. The fraction of sp³-hybridized carbons (Fsp3) is 0.250. The van der Waals surface area contributed by atoms with E-state index < -0.39 is 5.82 Å². The summed E-state index contributed by atoms with van der Waals surface area (Å²) in [6, 6.07) is 2.76. The maximum absolute atomic E-state index is 13.2. The molecule has 1 heterocycles. The third-order valence-corrected chi connectivity index (χ3v) is 2.95. The summed E-state index contributed by atoms with van der Waals surface area (Å²) in [4.78, 5) is 1.90. The zero-order chi connectivity index (χ0) is 13.3. The number of nitrogen functional groups attached to an aromatic ring is 1. The van der Waals surface area contributed by atoms with Gasteiger partial charge >= 0.3 is 0 Å². The van der Waals surface area contributed by atoms with Crippen LogP contribution in [0.4, 0.5) is 15.8 Å². The average Bonchev–Trinajstić information content (AvgIpc) is 2.69. The minimum Gasteiger partial charge on any atom is -0.397 e. The zero-order valence-electron chi connectivity index (χ0n) is 10.2. The molecule has 0 saturated heterocycles. The van der Waals surface area contributed by atoms with E-state index in [0.29, 0.717) is 17.9 Å². The van der Waals surface area contributed by atoms with Crippen molar-refractivity contribution in [2.24, 2.45) is 7.05 Å². The van der Waals surface area contributed by atoms with E-state index in [1.807, 2.05) is 25.2 Å². The van der Waals surface area contributed by atoms with Gasteiger partial charge in [0, 0.05) is 38.5 Å². The third-order valence-electron chi connectivity index (χ3n) is 2.66. The second-order valence-corrected chi connectivity index (χ2v) is 4.61. The van der Waals surface area contributed by atoms with E-state index in [4.69, 9.17) is 17.3 Å². The Balaban J connectivity index is 2.23. The van der Waals surface area contributed by atoms with Crippen LogP contribution in [0.2, 0.25) is 5.02 Å². The summed E-state index contributed by atoms with van der Waals surface area (Å²) >= 11 is 5.76. The summed E-state index contributed by atoms with van der Waals surface area (Å²) < 4.78 is 14.9. The molecule has 0 radical (unpaired) electrons. The Morgan fingerprint density at radius 3 is 2.83 bits per heavy atom. The highest BCUT2D eigenvalue weighted by Gasteiger charge is 2.11. The first-order chi connectivity index (χ1) is 8.47. The Labute approximate surface area is 110 Å². The molecule has 1 aromatic carbocycles. The van der Waals surface area contributed by atoms with Crippen molar-refractivity contribution in [1.29, 1.82) is 0 Å². The number of halogens is 2. The van der Waals surface area contributed by atoms with E-state index >= 15 is 0 Å². The Kier molecular flexibility index (Phi) is 3.43. The topological polar surface area (TPSA) is 47.1 Å². The quantitative estimate of drug-likeness (QED) is 0.870. The molecule has 2 aromatic rings. The van der Waals surface area contributed by atoms with Gasteiger partial charge in [-0.15, -0.1) is 0 Å². The molecule has 4 nitrogen and oxygen atoms in total. The smallest absolute Gasteiger partial charge is 0.143 e. The lowest BCUT2D eigenvalue weighted by Gasteiger charge is -2.20. The highest BCUT2D eigenvalue weighted by molar-refractivity contribution is 6.31. The number of rotatable bonds is 3. The second-order valence-electron chi connectivity index (χ2n) is 4.20. The monoisotopic (exact) mass is 268 g/mol. The van der Waals surface area contributed by atoms with Crippen molar-refractivity contribution in [3.8, 4) is 0 Å². The fourth-order valence-corrected chi connectivity index (χ4v) is 1.95. The summed E-state index contributed by atoms with van der Waals surface area (Å²) in [5, 5.41) is 4.16. The van der Waals surface area contributed by atoms with Crippen LogP contribution < -0.4 is 10.6 Å². The molecule has 18 heavy (non-hydrogen) atoms. The van der Waals surface area contributed by atoms with Crippen molar-refractivity contribution in [3.05, 3.63) is 40.9 Å². The summed E-state index contributed by atoms with van der Waals surface area (Å²) in [6.07, 6.45) is 3.69. The molecule has 0 saturated carbocycles. The highest BCUT2D eigenvalue weighted by atomic mass is 35.5. The van der Waals surface area contributed by atoms with Crippen LogP contribution >= 0.6 is 11.6 Å². The fourth-order valence-electron chi connectivity index (χ4n) is 1.79. The van der Waals surface area contributed by atoms with Gasteiger partial charge in [0.15, 0.2) is 0 Å². The van der Waals surface area contributed by atoms with Crippen molar-refractivity contribution in [2.75, 3.05) is 17.7 Å². The van der Waals surface area contributed by atoms with Gasteiger partial charge in [0.05, 0.1) is 22.6 Å². The number of aromatic nitrogens is 2. The Bertz CT molecular complexity index is 567. The maximum atomic E-state index is 13.2. The zero-order valence-corrected chi connectivity index (χ0v) is 10.9. The van der Waals surface area contributed by atoms with E-state index in [2.05, 4.69) is 5.10 Å². The van der Waals surface area contributed by atoms with Gasteiger partial charge in [0.1, 0.15) is 5.82 Å². The summed E-state index contributed by atoms with van der Waals surface area (Å²) in [5.74, 6) is -0.507. The van der Waals surface area contributed by atoms with Gasteiger partial charge in [-0.2, -0.15) is 5.10 Å². The number of nitrogens with two attached hydrogens (primary N) is 1. The molecule has 96 valence electrons. The molecule has 1 aromatic heterocycles. The van der Waals surface area contributed by atoms with Gasteiger partial charge in [-0.1, -0.05) is 11.6 Å². The Morgan fingerprint density at radius 1 is 1.50 bits per heavy atom. The van der Waals surface area contributed by atoms with E-state index in [1.54, 1.807) is 10.9 Å². The predicted molar refractivity (Wildman–Crippen MR) is 71.1 cm³/mol. The molecule has 0 bridgehead atoms. The Hall–Kier alpha value is -1.75. The lowest BCUT2D eigenvalue weighted by molar-refractivity contribution is 0.628. The van der Waals surface area contributed by atoms with Gasteiger partial charge in [-0.3, -0.25) is 4.68 Å². The SMILES string of the molecule is CN(Cc1cnn(C)c1)c1cc(Cl)c(F)cc1N. The number of aryl methyl sites for hydroxylation is 1. The molecule has 0 atom stereocenters. The van der Waals surface area contributed by atoms with Crippen molar-refractivity contribution in [1.82, 2.24) is 9.78 Å². The van der Waals surface area contributed by atoms with Gasteiger partial charge in [0.25, 0.3) is 0 Å². The molecule has 0 unspecified atom stereocenters. The molecule has 0 amide bonds. The van der Waals surface area contributed by atoms with Crippen LogP contribution in [0.15, 0.2) is 24.5 Å². The lowest BCUT2D eigenvalue weighted by Crippen LogP contribution is -2.17. The van der Waals surface area contributed by atoms with E-state index in [1.165, 1.54) is 12.1 Å². The summed E-state index contributed by atoms with van der Waals surface area (Å²) in [7, 11) is 3.72. The van der Waals surface area contributed by atoms with Crippen LogP contribution in [-0.4, -0.2) is 16.8 Å². The minimum absolute atomic E-state index is 0.0669. The molecule has 0 spiro atoms. The first-order valence-electron chi connectivity index (χ1n) is 5.40.